The minimum Gasteiger partial charge on any atom is -0.359 e. The zero-order valence-corrected chi connectivity index (χ0v) is 18.5. The van der Waals surface area contributed by atoms with Crippen LogP contribution in [0, 0.1) is 11.6 Å². The second kappa shape index (κ2) is 14.3. The molecule has 2 aromatic rings. The Morgan fingerprint density at radius 1 is 0.933 bits per heavy atom. The van der Waals surface area contributed by atoms with Crippen LogP contribution in [-0.4, -0.2) is 37.8 Å². The average molecular weight is 465 g/mol. The molecule has 0 amide bonds. The van der Waals surface area contributed by atoms with E-state index in [4.69, 9.17) is 37.4 Å². The van der Waals surface area contributed by atoms with E-state index in [0.29, 0.717) is 23.2 Å². The van der Waals surface area contributed by atoms with Gasteiger partial charge in [-0.25, -0.2) is 18.7 Å². The summed E-state index contributed by atoms with van der Waals surface area (Å²) >= 11 is 11.7. The number of methoxy groups -OCH3 is 2. The summed E-state index contributed by atoms with van der Waals surface area (Å²) in [6.07, 6.45) is 1.83. The van der Waals surface area contributed by atoms with Crippen LogP contribution in [0.1, 0.15) is 29.4 Å². The molecular weight excluding hydrogens is 441 g/mol. The second-order valence-electron chi connectivity index (χ2n) is 5.74. The third-order valence-corrected chi connectivity index (χ3v) is 4.20. The van der Waals surface area contributed by atoms with Crippen LogP contribution in [0.2, 0.25) is 10.3 Å². The van der Waals surface area contributed by atoms with Crippen LogP contribution < -0.4 is 0 Å². The highest BCUT2D eigenvalue weighted by atomic mass is 35.5. The topological polar surface area (TPSA) is 62.7 Å². The Balaban J connectivity index is 0.000000300. The Bertz CT molecular complexity index is 826. The van der Waals surface area contributed by atoms with Gasteiger partial charge in [-0.05, 0) is 24.6 Å². The maximum absolute atomic E-state index is 13.3. The van der Waals surface area contributed by atoms with Gasteiger partial charge >= 0.3 is 0 Å². The minimum absolute atomic E-state index is 0.126. The molecule has 6 nitrogen and oxygen atoms in total. The predicted molar refractivity (Wildman–Crippen MR) is 111 cm³/mol. The summed E-state index contributed by atoms with van der Waals surface area (Å²) in [5.41, 5.74) is 1.52. The van der Waals surface area contributed by atoms with Crippen molar-refractivity contribution in [1.82, 2.24) is 9.97 Å². The predicted octanol–water partition coefficient (Wildman–Crippen LogP) is 5.19. The van der Waals surface area contributed by atoms with Crippen LogP contribution in [0.25, 0.3) is 6.08 Å². The van der Waals surface area contributed by atoms with Gasteiger partial charge in [0.15, 0.2) is 0 Å². The van der Waals surface area contributed by atoms with Gasteiger partial charge in [-0.3, -0.25) is 0 Å². The molecule has 0 saturated carbocycles. The lowest BCUT2D eigenvalue weighted by Gasteiger charge is -2.07. The highest BCUT2D eigenvalue weighted by molar-refractivity contribution is 6.30. The van der Waals surface area contributed by atoms with Crippen LogP contribution in [-0.2, 0) is 38.6 Å². The fourth-order valence-corrected chi connectivity index (χ4v) is 2.53. The smallest absolute Gasteiger partial charge is 0.149 e. The van der Waals surface area contributed by atoms with E-state index in [2.05, 4.69) is 21.3 Å². The van der Waals surface area contributed by atoms with E-state index in [1.807, 2.05) is 6.92 Å². The molecule has 30 heavy (non-hydrogen) atoms. The van der Waals surface area contributed by atoms with Crippen molar-refractivity contribution in [2.24, 2.45) is 0 Å². The molecular formula is C20H24Cl2F2N2O4. The maximum atomic E-state index is 13.3. The molecule has 0 aliphatic carbocycles. The summed E-state index contributed by atoms with van der Waals surface area (Å²) in [6, 6.07) is 2.63. The van der Waals surface area contributed by atoms with Crippen LogP contribution in [0.15, 0.2) is 18.7 Å². The highest BCUT2D eigenvalue weighted by Crippen LogP contribution is 2.19. The molecule has 0 atom stereocenters. The Morgan fingerprint density at radius 3 is 1.90 bits per heavy atom. The molecule has 0 aromatic carbocycles. The lowest BCUT2D eigenvalue weighted by Crippen LogP contribution is -2.02. The average Bonchev–Trinajstić information content (AvgIpc) is 2.73. The van der Waals surface area contributed by atoms with Gasteiger partial charge < -0.3 is 18.9 Å². The van der Waals surface area contributed by atoms with Gasteiger partial charge in [-0.2, -0.15) is 0 Å². The number of rotatable bonds is 10. The van der Waals surface area contributed by atoms with Crippen LogP contribution in [0.5, 0.6) is 0 Å². The number of hydrogen-bond donors (Lipinski definition) is 0. The van der Waals surface area contributed by atoms with E-state index in [-0.39, 0.29) is 48.6 Å². The number of pyridine rings is 2. The van der Waals surface area contributed by atoms with E-state index in [1.165, 1.54) is 32.4 Å². The Hall–Kier alpha value is -1.68. The fourth-order valence-electron chi connectivity index (χ4n) is 2.12. The quantitative estimate of drug-likeness (QED) is 0.273. The van der Waals surface area contributed by atoms with Crippen LogP contribution >= 0.6 is 23.2 Å². The van der Waals surface area contributed by atoms with Crippen molar-refractivity contribution in [1.29, 1.82) is 0 Å². The van der Waals surface area contributed by atoms with Gasteiger partial charge in [-0.1, -0.05) is 36.7 Å². The van der Waals surface area contributed by atoms with Gasteiger partial charge in [0, 0.05) is 25.3 Å². The van der Waals surface area contributed by atoms with Crippen LogP contribution in [0.3, 0.4) is 0 Å². The molecule has 0 radical (unpaired) electrons. The summed E-state index contributed by atoms with van der Waals surface area (Å²) in [4.78, 5) is 7.76. The highest BCUT2D eigenvalue weighted by Gasteiger charge is 2.09. The van der Waals surface area contributed by atoms with Crippen molar-refractivity contribution < 1.29 is 27.7 Å². The largest absolute Gasteiger partial charge is 0.359 e. The van der Waals surface area contributed by atoms with E-state index >= 15 is 0 Å². The number of halogens is 4. The van der Waals surface area contributed by atoms with Crippen molar-refractivity contribution in [2.45, 2.75) is 26.6 Å². The van der Waals surface area contributed by atoms with Crippen molar-refractivity contribution >= 4 is 29.3 Å². The Kier molecular flexibility index (Phi) is 12.6. The molecule has 2 rings (SSSR count). The molecule has 0 unspecified atom stereocenters. The molecule has 0 aliphatic rings. The molecule has 166 valence electrons. The first-order chi connectivity index (χ1) is 14.4. The van der Waals surface area contributed by atoms with Gasteiger partial charge in [0.25, 0.3) is 0 Å². The Labute approximate surface area is 184 Å². The van der Waals surface area contributed by atoms with Gasteiger partial charge in [0.1, 0.15) is 35.5 Å². The first-order valence-electron chi connectivity index (χ1n) is 8.82. The summed E-state index contributed by atoms with van der Waals surface area (Å²) in [5, 5.41) is 0.492. The van der Waals surface area contributed by atoms with Gasteiger partial charge in [0.05, 0.1) is 24.6 Å². The molecule has 0 fully saturated rings. The number of aryl methyl sites for hydroxylation is 1. The summed E-state index contributed by atoms with van der Waals surface area (Å²) < 4.78 is 46.1. The second-order valence-corrected chi connectivity index (χ2v) is 6.46. The van der Waals surface area contributed by atoms with E-state index in [0.717, 1.165) is 0 Å². The first-order valence-corrected chi connectivity index (χ1v) is 9.57. The summed E-state index contributed by atoms with van der Waals surface area (Å²) in [6.45, 7) is 5.88. The number of nitrogens with zero attached hydrogens (tertiary/aromatic N) is 2. The van der Waals surface area contributed by atoms with Gasteiger partial charge in [0.2, 0.25) is 0 Å². The normalized spacial score (nSPS) is 10.5. The molecule has 10 heteroatoms. The minimum atomic E-state index is -0.467. The van der Waals surface area contributed by atoms with Crippen LogP contribution in [0.4, 0.5) is 8.78 Å². The molecule has 2 aromatic heterocycles. The van der Waals surface area contributed by atoms with Gasteiger partial charge in [-0.15, -0.1) is 0 Å². The monoisotopic (exact) mass is 464 g/mol. The Morgan fingerprint density at radius 2 is 1.43 bits per heavy atom. The SMILES string of the molecule is C=Cc1nc(Cl)c(COCOC)cc1F.CCc1nc(Cl)c(COCOC)cc1F. The lowest BCUT2D eigenvalue weighted by atomic mass is 10.2. The molecule has 0 saturated heterocycles. The zero-order valence-electron chi connectivity index (χ0n) is 17.0. The summed E-state index contributed by atoms with van der Waals surface area (Å²) in [5.74, 6) is -0.816. The van der Waals surface area contributed by atoms with Crippen molar-refractivity contribution in [3.63, 3.8) is 0 Å². The third kappa shape index (κ3) is 8.59. The maximum Gasteiger partial charge on any atom is 0.149 e. The fraction of sp³-hybridized carbons (Fsp3) is 0.400. The van der Waals surface area contributed by atoms with Crippen molar-refractivity contribution in [3.8, 4) is 0 Å². The molecule has 0 spiro atoms. The first kappa shape index (κ1) is 26.4. The number of ether oxygens (including phenoxy) is 4. The summed E-state index contributed by atoms with van der Waals surface area (Å²) in [7, 11) is 3.02. The molecule has 2 heterocycles. The molecule has 0 N–H and O–H groups in total. The van der Waals surface area contributed by atoms with Crippen molar-refractivity contribution in [3.05, 3.63) is 63.2 Å². The van der Waals surface area contributed by atoms with E-state index in [9.17, 15) is 8.78 Å². The standard InChI is InChI=1S/C10H13ClFNO2.C10H11ClFNO2/c2*1-3-9-8(12)4-7(10(11)13-9)5-15-6-14-2/h4H,3,5-6H2,1-2H3;3-4H,1,5-6H2,2H3. The zero-order chi connectivity index (χ0) is 22.5. The molecule has 0 bridgehead atoms. The lowest BCUT2D eigenvalue weighted by molar-refractivity contribution is -0.0392. The van der Waals surface area contributed by atoms with E-state index < -0.39 is 5.82 Å². The third-order valence-electron chi connectivity index (χ3n) is 3.55. The number of hydrogen-bond acceptors (Lipinski definition) is 6. The number of aromatic nitrogens is 2. The van der Waals surface area contributed by atoms with E-state index in [1.54, 1.807) is 0 Å². The van der Waals surface area contributed by atoms with Crippen molar-refractivity contribution in [2.75, 3.05) is 27.8 Å². The molecule has 0 aliphatic heterocycles.